The number of alkyl halides is 3. The number of benzene rings is 5. The summed E-state index contributed by atoms with van der Waals surface area (Å²) in [6.45, 7) is 16.2. The summed E-state index contributed by atoms with van der Waals surface area (Å²) in [7, 11) is 0. The Balaban J connectivity index is 1.49. The maximum Gasteiger partial charge on any atom is 0.422 e. The molecule has 0 spiro atoms. The van der Waals surface area contributed by atoms with E-state index in [0.717, 1.165) is 0 Å². The van der Waals surface area contributed by atoms with E-state index < -0.39 is 35.0 Å². The highest BCUT2D eigenvalue weighted by Crippen LogP contribution is 2.38. The molecule has 11 heteroatoms. The topological polar surface area (TPSA) is 33.4 Å². The van der Waals surface area contributed by atoms with Crippen LogP contribution in [-0.4, -0.2) is 0 Å². The normalized spacial score (nSPS) is 12.9. The molecule has 47 heavy (non-hydrogen) atoms. The van der Waals surface area contributed by atoms with Gasteiger partial charge in [0, 0.05) is 27.1 Å². The number of hydrogen-bond acceptors (Lipinski definition) is 2. The van der Waals surface area contributed by atoms with Crippen molar-refractivity contribution < 1.29 is 30.7 Å². The lowest BCUT2D eigenvalue weighted by Crippen LogP contribution is -2.11. The summed E-state index contributed by atoms with van der Waals surface area (Å²) >= 11 is 0. The van der Waals surface area contributed by atoms with Crippen molar-refractivity contribution in [3.05, 3.63) is 141 Å². The fourth-order valence-electron chi connectivity index (χ4n) is 6.17. The van der Waals surface area contributed by atoms with E-state index in [1.807, 2.05) is 6.07 Å². The van der Waals surface area contributed by atoms with Gasteiger partial charge in [-0.2, -0.15) is 26.3 Å². The van der Waals surface area contributed by atoms with Crippen molar-refractivity contribution >= 4 is 43.1 Å². The summed E-state index contributed by atoms with van der Waals surface area (Å²) in [6, 6.07) is 17.0. The van der Waals surface area contributed by atoms with Gasteiger partial charge in [0.15, 0.2) is 10.7 Å². The first-order chi connectivity index (χ1) is 22.4. The number of halogens is 7. The Labute approximate surface area is 260 Å². The van der Waals surface area contributed by atoms with Crippen LogP contribution >= 0.6 is 0 Å². The molecule has 0 aliphatic carbocycles. The zero-order chi connectivity index (χ0) is 33.4. The molecule has 0 atom stereocenters. The van der Waals surface area contributed by atoms with E-state index in [0.29, 0.717) is 71.7 Å². The maximum absolute atomic E-state index is 14.4. The Kier molecular flexibility index (Phi) is 6.62. The second kappa shape index (κ2) is 10.5. The van der Waals surface area contributed by atoms with Crippen LogP contribution in [0.5, 0.6) is 0 Å². The smallest absolute Gasteiger partial charge is 0.207 e. The third-order valence-electron chi connectivity index (χ3n) is 8.37. The first-order valence-electron chi connectivity index (χ1n) is 13.8. The summed E-state index contributed by atoms with van der Waals surface area (Å²) in [6.07, 6.45) is -5.21. The molecule has 0 unspecified atom stereocenters. The SMILES string of the molecule is [C-]#[N+]/N=c1/c2cc(-c3cc(F)c(C(F)(F)F)c(F)c3)ccc2c2cc3c(cc12)/c(=N/[N+]#[C-])c1cc(-c2cc(F)c(C)c(F)c2)ccc13. The van der Waals surface area contributed by atoms with Gasteiger partial charge in [0.05, 0.1) is 10.2 Å². The van der Waals surface area contributed by atoms with Crippen molar-refractivity contribution in [2.24, 2.45) is 10.2 Å². The van der Waals surface area contributed by atoms with Crippen molar-refractivity contribution in [3.8, 4) is 22.3 Å². The Morgan fingerprint density at radius 2 is 0.872 bits per heavy atom. The molecular weight excluding hydrogens is 621 g/mol. The molecule has 0 saturated carbocycles. The average Bonchev–Trinajstić information content (AvgIpc) is 3.48. The van der Waals surface area contributed by atoms with Crippen LogP contribution in [0.4, 0.5) is 30.7 Å². The highest BCUT2D eigenvalue weighted by molar-refractivity contribution is 6.21. The van der Waals surface area contributed by atoms with Crippen LogP contribution in [-0.2, 0) is 6.18 Å². The predicted octanol–water partition coefficient (Wildman–Crippen LogP) is 9.86. The zero-order valence-electron chi connectivity index (χ0n) is 23.9. The Bertz CT molecular complexity index is 2660. The molecule has 228 valence electrons. The van der Waals surface area contributed by atoms with Crippen LogP contribution < -0.4 is 10.7 Å². The summed E-state index contributed by atoms with van der Waals surface area (Å²) in [5, 5.41) is 13.2. The Hall–Kier alpha value is -6.07. The number of nitrogens with zero attached hydrogens (tertiary/aromatic N) is 4. The molecule has 0 heterocycles. The summed E-state index contributed by atoms with van der Waals surface area (Å²) in [5.41, 5.74) is -1.22. The monoisotopic (exact) mass is 636 g/mol. The molecule has 0 bridgehead atoms. The van der Waals surface area contributed by atoms with E-state index in [1.165, 1.54) is 31.2 Å². The number of fused-ring (bicyclic) bond motifs is 6. The molecule has 7 aromatic carbocycles. The van der Waals surface area contributed by atoms with E-state index in [1.54, 1.807) is 30.3 Å². The van der Waals surface area contributed by atoms with Gasteiger partial charge >= 0.3 is 6.18 Å². The van der Waals surface area contributed by atoms with E-state index in [2.05, 4.69) is 20.1 Å². The van der Waals surface area contributed by atoms with E-state index in [-0.39, 0.29) is 22.0 Å². The molecule has 0 N–H and O–H groups in total. The number of hydrogen-bond donors (Lipinski definition) is 0. The van der Waals surface area contributed by atoms with Crippen LogP contribution in [0.2, 0.25) is 0 Å². The lowest BCUT2D eigenvalue weighted by atomic mass is 10.00. The van der Waals surface area contributed by atoms with E-state index >= 15 is 0 Å². The van der Waals surface area contributed by atoms with Gasteiger partial charge < -0.3 is 0 Å². The van der Waals surface area contributed by atoms with Crippen LogP contribution in [0.15, 0.2) is 83.0 Å². The van der Waals surface area contributed by atoms with E-state index in [4.69, 9.17) is 13.1 Å². The van der Waals surface area contributed by atoms with Gasteiger partial charge in [-0.25, -0.2) is 17.6 Å². The van der Waals surface area contributed by atoms with Crippen LogP contribution in [0.25, 0.3) is 75.3 Å². The van der Waals surface area contributed by atoms with Gasteiger partial charge in [-0.05, 0) is 99.3 Å². The molecule has 0 amide bonds. The third-order valence-corrected chi connectivity index (χ3v) is 8.37. The van der Waals surface area contributed by atoms with E-state index in [9.17, 15) is 30.7 Å². The molecule has 7 aromatic rings. The van der Waals surface area contributed by atoms with Crippen molar-refractivity contribution in [1.29, 1.82) is 0 Å². The molecular formula is C36H15F7N4. The molecule has 0 aliphatic heterocycles. The molecule has 0 aromatic heterocycles. The minimum atomic E-state index is -5.21. The van der Waals surface area contributed by atoms with Crippen LogP contribution in [0.3, 0.4) is 0 Å². The Morgan fingerprint density at radius 1 is 0.489 bits per heavy atom. The van der Waals surface area contributed by atoms with Crippen molar-refractivity contribution in [1.82, 2.24) is 0 Å². The molecule has 0 saturated heterocycles. The van der Waals surface area contributed by atoms with Gasteiger partial charge in [-0.15, -0.1) is 9.91 Å². The second-order valence-electron chi connectivity index (χ2n) is 10.9. The van der Waals surface area contributed by atoms with Gasteiger partial charge in [-0.1, -0.05) is 24.3 Å². The average molecular weight is 637 g/mol. The summed E-state index contributed by atoms with van der Waals surface area (Å²) < 4.78 is 97.0. The van der Waals surface area contributed by atoms with Gasteiger partial charge in [0.25, 0.3) is 0 Å². The first-order valence-corrected chi connectivity index (χ1v) is 13.8. The second-order valence-corrected chi connectivity index (χ2v) is 10.9. The highest BCUT2D eigenvalue weighted by Gasteiger charge is 2.38. The van der Waals surface area contributed by atoms with Crippen molar-refractivity contribution in [3.63, 3.8) is 0 Å². The summed E-state index contributed by atoms with van der Waals surface area (Å²) in [4.78, 5) is 6.43. The predicted molar refractivity (Wildman–Crippen MR) is 164 cm³/mol. The standard InChI is InChI=1S/C36H15F7N4/c1-16-29(37)10-19(11-30(16)38)17-4-6-21-23-14-24-22-7-5-18(20-12-31(39)33(32(40)13-20)36(41,42)43)9-26(22)35(47-45-3)28(24)15-27(23)34(46-44-2)25(21)8-17/h4-15H,1H3/b46-34+,47-35-. The quantitative estimate of drug-likeness (QED) is 0.103. The third kappa shape index (κ3) is 4.59. The first kappa shape index (κ1) is 29.6. The largest absolute Gasteiger partial charge is 0.422 e. The highest BCUT2D eigenvalue weighted by atomic mass is 19.4. The lowest BCUT2D eigenvalue weighted by molar-refractivity contribution is -0.142. The zero-order valence-corrected chi connectivity index (χ0v) is 23.9. The fraction of sp³-hybridized carbons (Fsp3) is 0.0556. The minimum Gasteiger partial charge on any atom is -0.207 e. The molecule has 7 rings (SSSR count). The Morgan fingerprint density at radius 3 is 1.28 bits per heavy atom. The molecule has 0 radical (unpaired) electrons. The molecule has 4 nitrogen and oxygen atoms in total. The van der Waals surface area contributed by atoms with Crippen LogP contribution in [0, 0.1) is 43.3 Å². The van der Waals surface area contributed by atoms with Crippen LogP contribution in [0.1, 0.15) is 11.1 Å². The van der Waals surface area contributed by atoms with Crippen molar-refractivity contribution in [2.45, 2.75) is 13.1 Å². The van der Waals surface area contributed by atoms with Gasteiger partial charge in [0.2, 0.25) is 0 Å². The summed E-state index contributed by atoms with van der Waals surface area (Å²) in [5.74, 6) is -4.91. The molecule has 0 fully saturated rings. The fourth-order valence-corrected chi connectivity index (χ4v) is 6.17. The maximum atomic E-state index is 14.4. The minimum absolute atomic E-state index is 0.102. The molecule has 0 aliphatic rings. The number of rotatable bonds is 2. The van der Waals surface area contributed by atoms with Gasteiger partial charge in [0.1, 0.15) is 28.8 Å². The van der Waals surface area contributed by atoms with Crippen molar-refractivity contribution in [2.75, 3.05) is 0 Å². The van der Waals surface area contributed by atoms with Gasteiger partial charge in [-0.3, -0.25) is 0 Å². The lowest BCUT2D eigenvalue weighted by Gasteiger charge is -2.11.